The van der Waals surface area contributed by atoms with Crippen molar-refractivity contribution in [2.45, 2.75) is 38.6 Å². The van der Waals surface area contributed by atoms with Gasteiger partial charge in [0.05, 0.1) is 11.9 Å². The molecular formula is C18H23N5O4. The molecule has 0 radical (unpaired) electrons. The fourth-order valence-electron chi connectivity index (χ4n) is 2.30. The third-order valence-electron chi connectivity index (χ3n) is 3.62. The average molecular weight is 373 g/mol. The second kappa shape index (κ2) is 8.07. The Labute approximate surface area is 157 Å². The number of nitrogens with zero attached hydrogens (tertiary/aromatic N) is 3. The minimum atomic E-state index is -1.22. The minimum absolute atomic E-state index is 0.171. The number of amides is 1. The van der Waals surface area contributed by atoms with Crippen LogP contribution in [0.3, 0.4) is 0 Å². The molecule has 0 aliphatic heterocycles. The highest BCUT2D eigenvalue weighted by Crippen LogP contribution is 2.21. The van der Waals surface area contributed by atoms with E-state index in [0.29, 0.717) is 11.3 Å². The van der Waals surface area contributed by atoms with Gasteiger partial charge in [-0.25, -0.2) is 9.48 Å². The second-order valence-corrected chi connectivity index (χ2v) is 6.95. The Kier molecular flexibility index (Phi) is 6.05. The smallest absolute Gasteiger partial charge is 0.407 e. The lowest BCUT2D eigenvalue weighted by Gasteiger charge is -2.22. The van der Waals surface area contributed by atoms with Gasteiger partial charge in [-0.3, -0.25) is 0 Å². The molecule has 2 unspecified atom stereocenters. The van der Waals surface area contributed by atoms with Gasteiger partial charge in [-0.15, -0.1) is 0 Å². The van der Waals surface area contributed by atoms with Crippen molar-refractivity contribution in [3.63, 3.8) is 0 Å². The molecule has 5 N–H and O–H groups in total. The summed E-state index contributed by atoms with van der Waals surface area (Å²) in [5.41, 5.74) is 6.51. The number of hydrogen-bond donors (Lipinski definition) is 4. The van der Waals surface area contributed by atoms with Crippen molar-refractivity contribution in [1.29, 1.82) is 5.26 Å². The van der Waals surface area contributed by atoms with E-state index in [9.17, 15) is 15.0 Å². The standard InChI is InChI=1S/C18H23N5O4/c1-18(2,3)27-17(26)21-10-14(24)15(25)11-4-6-13(7-5-11)23-16(20)12(8-19)9-22-23/h4-7,9,14-15,24-25H,10,20H2,1-3H3,(H,21,26). The maximum absolute atomic E-state index is 11.6. The number of nitrogens with two attached hydrogens (primary N) is 1. The highest BCUT2D eigenvalue weighted by atomic mass is 16.6. The first kappa shape index (κ1) is 20.2. The van der Waals surface area contributed by atoms with Crippen molar-refractivity contribution in [2.75, 3.05) is 12.3 Å². The van der Waals surface area contributed by atoms with E-state index in [1.54, 1.807) is 45.0 Å². The zero-order valence-electron chi connectivity index (χ0n) is 15.4. The summed E-state index contributed by atoms with van der Waals surface area (Å²) in [7, 11) is 0. The monoisotopic (exact) mass is 373 g/mol. The molecule has 2 rings (SSSR count). The molecule has 0 bridgehead atoms. The van der Waals surface area contributed by atoms with Gasteiger partial charge in [0.15, 0.2) is 0 Å². The van der Waals surface area contributed by atoms with Gasteiger partial charge < -0.3 is 26.0 Å². The van der Waals surface area contributed by atoms with Crippen molar-refractivity contribution in [2.24, 2.45) is 0 Å². The molecule has 9 nitrogen and oxygen atoms in total. The molecule has 0 fully saturated rings. The summed E-state index contributed by atoms with van der Waals surface area (Å²) in [4.78, 5) is 11.6. The van der Waals surface area contributed by atoms with Crippen LogP contribution in [-0.2, 0) is 4.74 Å². The first-order valence-corrected chi connectivity index (χ1v) is 8.29. The van der Waals surface area contributed by atoms with Gasteiger partial charge in [0.2, 0.25) is 0 Å². The summed E-state index contributed by atoms with van der Waals surface area (Å²) in [6.45, 7) is 5.01. The minimum Gasteiger partial charge on any atom is -0.444 e. The number of ether oxygens (including phenoxy) is 1. The highest BCUT2D eigenvalue weighted by Gasteiger charge is 2.21. The fraction of sp³-hybridized carbons (Fsp3) is 0.389. The van der Waals surface area contributed by atoms with Crippen LogP contribution in [0.5, 0.6) is 0 Å². The predicted octanol–water partition coefficient (Wildman–Crippen LogP) is 1.25. The summed E-state index contributed by atoms with van der Waals surface area (Å²) >= 11 is 0. The number of nitrogens with one attached hydrogen (secondary N) is 1. The Balaban J connectivity index is 2.00. The summed E-state index contributed by atoms with van der Waals surface area (Å²) < 4.78 is 6.47. The van der Waals surface area contributed by atoms with Crippen molar-refractivity contribution in [1.82, 2.24) is 15.1 Å². The molecule has 0 saturated heterocycles. The van der Waals surface area contributed by atoms with Gasteiger partial charge in [-0.05, 0) is 38.5 Å². The van der Waals surface area contributed by atoms with Crippen molar-refractivity contribution >= 4 is 11.9 Å². The molecular weight excluding hydrogens is 350 g/mol. The van der Waals surface area contributed by atoms with Crippen LogP contribution in [0.4, 0.5) is 10.6 Å². The van der Waals surface area contributed by atoms with E-state index in [1.165, 1.54) is 10.9 Å². The first-order chi connectivity index (χ1) is 12.6. The number of aliphatic hydroxyl groups is 2. The zero-order chi connectivity index (χ0) is 20.2. The summed E-state index contributed by atoms with van der Waals surface area (Å²) in [5.74, 6) is 0.215. The second-order valence-electron chi connectivity index (χ2n) is 6.95. The van der Waals surface area contributed by atoms with Gasteiger partial charge in [-0.2, -0.15) is 10.4 Å². The molecule has 0 spiro atoms. The Morgan fingerprint density at radius 1 is 1.37 bits per heavy atom. The number of anilines is 1. The lowest BCUT2D eigenvalue weighted by atomic mass is 10.0. The van der Waals surface area contributed by atoms with Crippen LogP contribution >= 0.6 is 0 Å². The normalized spacial score (nSPS) is 13.5. The van der Waals surface area contributed by atoms with E-state index in [1.807, 2.05) is 6.07 Å². The van der Waals surface area contributed by atoms with Crippen LogP contribution < -0.4 is 11.1 Å². The van der Waals surface area contributed by atoms with Crippen LogP contribution in [0.2, 0.25) is 0 Å². The van der Waals surface area contributed by atoms with Crippen LogP contribution in [0.1, 0.15) is 38.0 Å². The highest BCUT2D eigenvalue weighted by molar-refractivity contribution is 5.67. The Hall–Kier alpha value is -3.09. The van der Waals surface area contributed by atoms with E-state index < -0.39 is 23.9 Å². The third-order valence-corrected chi connectivity index (χ3v) is 3.62. The molecule has 1 amide bonds. The number of alkyl carbamates (subject to hydrolysis) is 1. The van der Waals surface area contributed by atoms with Crippen molar-refractivity contribution < 1.29 is 19.7 Å². The Bertz CT molecular complexity index is 833. The molecule has 0 saturated carbocycles. The molecule has 9 heteroatoms. The van der Waals surface area contributed by atoms with Gasteiger partial charge >= 0.3 is 6.09 Å². The molecule has 27 heavy (non-hydrogen) atoms. The van der Waals surface area contributed by atoms with Gasteiger partial charge in [0, 0.05) is 6.54 Å². The molecule has 0 aliphatic rings. The van der Waals surface area contributed by atoms with E-state index in [4.69, 9.17) is 15.7 Å². The van der Waals surface area contributed by atoms with Crippen molar-refractivity contribution in [3.05, 3.63) is 41.6 Å². The number of aromatic nitrogens is 2. The number of carbonyl (C=O) groups excluding carboxylic acids is 1. The fourth-order valence-corrected chi connectivity index (χ4v) is 2.30. The molecule has 0 aliphatic carbocycles. The van der Waals surface area contributed by atoms with Gasteiger partial charge in [0.25, 0.3) is 0 Å². The van der Waals surface area contributed by atoms with E-state index in [2.05, 4.69) is 10.4 Å². The number of nitrogen functional groups attached to an aromatic ring is 1. The Morgan fingerprint density at radius 2 is 2.00 bits per heavy atom. The SMILES string of the molecule is CC(C)(C)OC(=O)NCC(O)C(O)c1ccc(-n2ncc(C#N)c2N)cc1. The van der Waals surface area contributed by atoms with Crippen molar-refractivity contribution in [3.8, 4) is 11.8 Å². The largest absolute Gasteiger partial charge is 0.444 e. The maximum atomic E-state index is 11.6. The third kappa shape index (κ3) is 5.20. The molecule has 2 atom stereocenters. The summed E-state index contributed by atoms with van der Waals surface area (Å²) in [5, 5.41) is 35.7. The maximum Gasteiger partial charge on any atom is 0.407 e. The molecule has 1 heterocycles. The number of hydrogen-bond acceptors (Lipinski definition) is 7. The number of rotatable bonds is 5. The van der Waals surface area contributed by atoms with Gasteiger partial charge in [0.1, 0.15) is 35.3 Å². The predicted molar refractivity (Wildman–Crippen MR) is 97.9 cm³/mol. The summed E-state index contributed by atoms with van der Waals surface area (Å²) in [6.07, 6.45) is -1.74. The quantitative estimate of drug-likeness (QED) is 0.616. The lowest BCUT2D eigenvalue weighted by Crippen LogP contribution is -2.38. The zero-order valence-corrected chi connectivity index (χ0v) is 15.4. The van der Waals surface area contributed by atoms with Crippen LogP contribution in [0, 0.1) is 11.3 Å². The topological polar surface area (TPSA) is 146 Å². The number of carbonyl (C=O) groups is 1. The molecule has 1 aromatic carbocycles. The first-order valence-electron chi connectivity index (χ1n) is 8.29. The van der Waals surface area contributed by atoms with Crippen LogP contribution in [0.25, 0.3) is 5.69 Å². The summed E-state index contributed by atoms with van der Waals surface area (Å²) in [6, 6.07) is 8.44. The average Bonchev–Trinajstić information content (AvgIpc) is 2.98. The van der Waals surface area contributed by atoms with Gasteiger partial charge in [-0.1, -0.05) is 12.1 Å². The van der Waals surface area contributed by atoms with E-state index in [-0.39, 0.29) is 17.9 Å². The molecule has 144 valence electrons. The van der Waals surface area contributed by atoms with Crippen LogP contribution in [0.15, 0.2) is 30.5 Å². The number of benzene rings is 1. The Morgan fingerprint density at radius 3 is 2.52 bits per heavy atom. The number of aliphatic hydroxyl groups excluding tert-OH is 2. The lowest BCUT2D eigenvalue weighted by molar-refractivity contribution is 0.0129. The van der Waals surface area contributed by atoms with E-state index >= 15 is 0 Å². The van der Waals surface area contributed by atoms with E-state index in [0.717, 1.165) is 0 Å². The van der Waals surface area contributed by atoms with Crippen LogP contribution in [-0.4, -0.2) is 44.3 Å². The molecule has 2 aromatic rings. The molecule has 1 aromatic heterocycles. The number of nitriles is 1.